The van der Waals surface area contributed by atoms with Gasteiger partial charge in [-0.25, -0.2) is 9.59 Å². The van der Waals surface area contributed by atoms with E-state index in [2.05, 4.69) is 13.8 Å². The highest BCUT2D eigenvalue weighted by Crippen LogP contribution is 2.19. The Morgan fingerprint density at radius 3 is 1.65 bits per heavy atom. The summed E-state index contributed by atoms with van der Waals surface area (Å²) in [6, 6.07) is 14.9. The minimum atomic E-state index is -2.06. The van der Waals surface area contributed by atoms with Crippen molar-refractivity contribution < 1.29 is 47.6 Å². The smallest absolute Gasteiger partial charge is 0.392 e. The third kappa shape index (κ3) is 16.7. The first-order valence-corrected chi connectivity index (χ1v) is 17.2. The highest BCUT2D eigenvalue weighted by molar-refractivity contribution is 5.89. The molecule has 0 aliphatic rings. The fourth-order valence-electron chi connectivity index (χ4n) is 4.71. The summed E-state index contributed by atoms with van der Waals surface area (Å²) in [5, 5.41) is 0. The number of hydrogen-bond acceptors (Lipinski definition) is 10. The molecule has 2 rings (SSSR count). The Morgan fingerprint density at radius 1 is 0.646 bits per heavy atom. The van der Waals surface area contributed by atoms with Crippen molar-refractivity contribution in [2.24, 2.45) is 5.92 Å². The average Bonchev–Trinajstić information content (AvgIpc) is 3.06. The monoisotopic (exact) mass is 670 g/mol. The summed E-state index contributed by atoms with van der Waals surface area (Å²) in [4.78, 5) is 46.9. The van der Waals surface area contributed by atoms with Crippen molar-refractivity contribution in [1.82, 2.24) is 0 Å². The topological polar surface area (TPSA) is 124 Å². The predicted molar refractivity (Wildman–Crippen MR) is 182 cm³/mol. The van der Waals surface area contributed by atoms with Gasteiger partial charge in [0.15, 0.2) is 0 Å². The van der Waals surface area contributed by atoms with Crippen molar-refractivity contribution in [3.8, 4) is 11.5 Å². The third-order valence-corrected chi connectivity index (χ3v) is 7.70. The van der Waals surface area contributed by atoms with Crippen LogP contribution in [0.5, 0.6) is 11.5 Å². The minimum Gasteiger partial charge on any atom is -0.494 e. The van der Waals surface area contributed by atoms with Crippen LogP contribution in [0.3, 0.4) is 0 Å². The van der Waals surface area contributed by atoms with Crippen LogP contribution in [-0.2, 0) is 39.9 Å². The molecule has 1 unspecified atom stereocenters. The fourth-order valence-corrected chi connectivity index (χ4v) is 4.71. The van der Waals surface area contributed by atoms with Gasteiger partial charge in [0, 0.05) is 20.8 Å². The van der Waals surface area contributed by atoms with Gasteiger partial charge in [-0.1, -0.05) is 83.8 Å². The summed E-state index contributed by atoms with van der Waals surface area (Å²) >= 11 is 0. The van der Waals surface area contributed by atoms with Crippen LogP contribution in [0.25, 0.3) is 0 Å². The highest BCUT2D eigenvalue weighted by Gasteiger charge is 2.42. The summed E-state index contributed by atoms with van der Waals surface area (Å²) in [5.74, 6) is -2.87. The van der Waals surface area contributed by atoms with E-state index < -0.39 is 23.7 Å². The normalized spacial score (nSPS) is 11.7. The van der Waals surface area contributed by atoms with Gasteiger partial charge in [0.2, 0.25) is 0 Å². The second-order valence-corrected chi connectivity index (χ2v) is 12.2. The standard InChI is InChI=1S/C38H54O10/c1-6-29(2)27-46-36(41)33-19-23-35(24-20-33)45-28-32-17-21-34(22-18-32)43-25-15-13-11-9-7-8-10-12-14-16-26-44-37(42)38(5,47-30(3)39)48-31(4)40/h17-24,29H,6-16,25-28H2,1-5H3. The van der Waals surface area contributed by atoms with E-state index in [4.69, 9.17) is 28.4 Å². The Hall–Kier alpha value is -4.08. The van der Waals surface area contributed by atoms with Crippen molar-refractivity contribution in [2.45, 2.75) is 118 Å². The number of carbonyl (C=O) groups excluding carboxylic acids is 4. The molecule has 0 fully saturated rings. The van der Waals surface area contributed by atoms with Crippen LogP contribution in [0.15, 0.2) is 48.5 Å². The largest absolute Gasteiger partial charge is 0.494 e. The molecule has 10 heteroatoms. The number of ether oxygens (including phenoxy) is 6. The molecule has 0 aliphatic carbocycles. The van der Waals surface area contributed by atoms with E-state index in [0.717, 1.165) is 63.7 Å². The fraction of sp³-hybridized carbons (Fsp3) is 0.579. The van der Waals surface area contributed by atoms with Gasteiger partial charge in [0.1, 0.15) is 18.1 Å². The van der Waals surface area contributed by atoms with Gasteiger partial charge >= 0.3 is 29.7 Å². The van der Waals surface area contributed by atoms with Gasteiger partial charge < -0.3 is 28.4 Å². The molecule has 2 aromatic rings. The number of esters is 4. The van der Waals surface area contributed by atoms with E-state index >= 15 is 0 Å². The minimum absolute atomic E-state index is 0.174. The van der Waals surface area contributed by atoms with Crippen molar-refractivity contribution >= 4 is 23.9 Å². The number of hydrogen-bond donors (Lipinski definition) is 0. The molecule has 0 saturated heterocycles. The number of benzene rings is 2. The zero-order chi connectivity index (χ0) is 35.2. The lowest BCUT2D eigenvalue weighted by Crippen LogP contribution is -2.45. The van der Waals surface area contributed by atoms with E-state index in [0.29, 0.717) is 43.5 Å². The molecule has 0 amide bonds. The Kier molecular flexibility index (Phi) is 18.8. The maximum absolute atomic E-state index is 12.2. The summed E-state index contributed by atoms with van der Waals surface area (Å²) in [7, 11) is 0. The zero-order valence-corrected chi connectivity index (χ0v) is 29.4. The van der Waals surface area contributed by atoms with Crippen LogP contribution in [0, 0.1) is 5.92 Å². The van der Waals surface area contributed by atoms with Gasteiger partial charge in [0.25, 0.3) is 0 Å². The van der Waals surface area contributed by atoms with Gasteiger partial charge in [-0.05, 0) is 60.7 Å². The van der Waals surface area contributed by atoms with Crippen molar-refractivity contribution in [3.05, 3.63) is 59.7 Å². The SMILES string of the molecule is CCC(C)COC(=O)c1ccc(OCc2ccc(OCCCCCCCCCCCCOC(=O)C(C)(OC(C)=O)OC(C)=O)cc2)cc1. The summed E-state index contributed by atoms with van der Waals surface area (Å²) in [6.07, 6.45) is 11.6. The lowest BCUT2D eigenvalue weighted by atomic mass is 10.1. The summed E-state index contributed by atoms with van der Waals surface area (Å²) < 4.78 is 32.0. The van der Waals surface area contributed by atoms with Gasteiger partial charge in [-0.3, -0.25) is 9.59 Å². The molecule has 1 atom stereocenters. The van der Waals surface area contributed by atoms with Crippen molar-refractivity contribution in [3.63, 3.8) is 0 Å². The molecule has 0 aromatic heterocycles. The molecule has 266 valence electrons. The maximum atomic E-state index is 12.2. The first-order chi connectivity index (χ1) is 23.0. The molecule has 48 heavy (non-hydrogen) atoms. The zero-order valence-electron chi connectivity index (χ0n) is 29.4. The van der Waals surface area contributed by atoms with Crippen LogP contribution in [0.2, 0.25) is 0 Å². The van der Waals surface area contributed by atoms with Crippen LogP contribution >= 0.6 is 0 Å². The lowest BCUT2D eigenvalue weighted by Gasteiger charge is -2.25. The molecule has 0 aliphatic heterocycles. The quantitative estimate of drug-likeness (QED) is 0.0468. The number of carbonyl (C=O) groups is 4. The van der Waals surface area contributed by atoms with E-state index in [-0.39, 0.29) is 12.6 Å². The summed E-state index contributed by atoms with van der Waals surface area (Å²) in [5.41, 5.74) is 1.55. The van der Waals surface area contributed by atoms with Gasteiger partial charge in [-0.2, -0.15) is 0 Å². The first kappa shape index (κ1) is 40.1. The van der Waals surface area contributed by atoms with E-state index in [1.807, 2.05) is 24.3 Å². The van der Waals surface area contributed by atoms with Crippen molar-refractivity contribution in [2.75, 3.05) is 19.8 Å². The van der Waals surface area contributed by atoms with E-state index in [9.17, 15) is 19.2 Å². The maximum Gasteiger partial charge on any atom is 0.392 e. The molecule has 0 radical (unpaired) electrons. The van der Waals surface area contributed by atoms with Crippen LogP contribution < -0.4 is 9.47 Å². The van der Waals surface area contributed by atoms with E-state index in [1.54, 1.807) is 24.3 Å². The molecule has 10 nitrogen and oxygen atoms in total. The Bertz CT molecular complexity index is 1220. The average molecular weight is 671 g/mol. The molecular formula is C38H54O10. The molecule has 0 heterocycles. The second kappa shape index (κ2) is 22.5. The van der Waals surface area contributed by atoms with Crippen molar-refractivity contribution in [1.29, 1.82) is 0 Å². The first-order valence-electron chi connectivity index (χ1n) is 17.2. The molecule has 0 N–H and O–H groups in total. The van der Waals surface area contributed by atoms with Crippen LogP contribution in [0.4, 0.5) is 0 Å². The predicted octanol–water partition coefficient (Wildman–Crippen LogP) is 8.13. The molecule has 2 aromatic carbocycles. The molecule has 0 spiro atoms. The second-order valence-electron chi connectivity index (χ2n) is 12.2. The van der Waals surface area contributed by atoms with Gasteiger partial charge in [-0.15, -0.1) is 0 Å². The van der Waals surface area contributed by atoms with Crippen LogP contribution in [-0.4, -0.2) is 49.5 Å². The molecular weight excluding hydrogens is 616 g/mol. The Labute approximate surface area is 285 Å². The highest BCUT2D eigenvalue weighted by atomic mass is 16.8. The lowest BCUT2D eigenvalue weighted by molar-refractivity contribution is -0.232. The Balaban J connectivity index is 1.47. The molecule has 0 saturated carbocycles. The summed E-state index contributed by atoms with van der Waals surface area (Å²) in [6.45, 7) is 9.29. The number of unbranched alkanes of at least 4 members (excludes halogenated alkanes) is 9. The molecule has 0 bridgehead atoms. The number of rotatable bonds is 24. The Morgan fingerprint density at radius 2 is 1.12 bits per heavy atom. The van der Waals surface area contributed by atoms with Gasteiger partial charge in [0.05, 0.1) is 25.4 Å². The third-order valence-electron chi connectivity index (χ3n) is 7.70. The van der Waals surface area contributed by atoms with Crippen LogP contribution in [0.1, 0.15) is 121 Å². The van der Waals surface area contributed by atoms with E-state index in [1.165, 1.54) is 32.6 Å².